The molecule has 1 unspecified atom stereocenters. The lowest BCUT2D eigenvalue weighted by Crippen LogP contribution is -2.31. The van der Waals surface area contributed by atoms with E-state index in [1.165, 1.54) is 0 Å². The molecule has 1 aromatic carbocycles. The van der Waals surface area contributed by atoms with Crippen LogP contribution in [-0.2, 0) is 10.2 Å². The Morgan fingerprint density at radius 2 is 1.87 bits per heavy atom. The third-order valence-electron chi connectivity index (χ3n) is 3.23. The maximum absolute atomic E-state index is 10.9. The average Bonchev–Trinajstić information content (AvgIpc) is 2.17. The minimum atomic E-state index is -0.741. The van der Waals surface area contributed by atoms with E-state index in [1.54, 1.807) is 0 Å². The molecule has 0 aliphatic heterocycles. The van der Waals surface area contributed by atoms with E-state index < -0.39 is 5.97 Å². The number of hydrogen-bond donors (Lipinski definition) is 1. The molecule has 0 aromatic heterocycles. The van der Waals surface area contributed by atoms with Crippen LogP contribution >= 0.6 is 0 Å². The zero-order valence-corrected chi connectivity index (χ0v) is 9.53. The van der Waals surface area contributed by atoms with Crippen molar-refractivity contribution in [1.29, 1.82) is 0 Å². The molecule has 0 aliphatic rings. The van der Waals surface area contributed by atoms with Gasteiger partial charge in [0, 0.05) is 5.41 Å². The predicted octanol–water partition coefficient (Wildman–Crippen LogP) is 3.08. The van der Waals surface area contributed by atoms with E-state index in [0.717, 1.165) is 5.56 Å². The van der Waals surface area contributed by atoms with Gasteiger partial charge < -0.3 is 5.11 Å². The van der Waals surface area contributed by atoms with Gasteiger partial charge in [0.1, 0.15) is 0 Å². The van der Waals surface area contributed by atoms with Crippen LogP contribution in [0.3, 0.4) is 0 Å². The normalized spacial score (nSPS) is 14.9. The first-order valence-corrected chi connectivity index (χ1v) is 5.24. The largest absolute Gasteiger partial charge is 0.481 e. The molecule has 0 fully saturated rings. The Labute approximate surface area is 90.9 Å². The molecule has 1 rings (SSSR count). The number of carbonyl (C=O) groups is 1. The van der Waals surface area contributed by atoms with Gasteiger partial charge in [0.25, 0.3) is 0 Å². The topological polar surface area (TPSA) is 37.3 Å². The summed E-state index contributed by atoms with van der Waals surface area (Å²) in [4.78, 5) is 10.9. The summed E-state index contributed by atoms with van der Waals surface area (Å²) < 4.78 is 0. The van der Waals surface area contributed by atoms with Gasteiger partial charge in [-0.15, -0.1) is 0 Å². The molecule has 0 spiro atoms. The standard InChI is InChI=1S/C13H18O2/c1-10(2)13(3,9-12(14)15)11-7-5-4-6-8-11/h4-8,10H,9H2,1-3H3,(H,14,15). The minimum Gasteiger partial charge on any atom is -0.481 e. The smallest absolute Gasteiger partial charge is 0.304 e. The highest BCUT2D eigenvalue weighted by atomic mass is 16.4. The molecule has 82 valence electrons. The second-order valence-corrected chi connectivity index (χ2v) is 4.51. The summed E-state index contributed by atoms with van der Waals surface area (Å²) in [5.41, 5.74) is 0.815. The van der Waals surface area contributed by atoms with Crippen LogP contribution in [0.1, 0.15) is 32.8 Å². The fourth-order valence-electron chi connectivity index (χ4n) is 1.77. The second-order valence-electron chi connectivity index (χ2n) is 4.51. The van der Waals surface area contributed by atoms with E-state index in [9.17, 15) is 4.79 Å². The van der Waals surface area contributed by atoms with Crippen LogP contribution in [-0.4, -0.2) is 11.1 Å². The number of carboxylic acids is 1. The molecule has 2 nitrogen and oxygen atoms in total. The molecule has 0 aliphatic carbocycles. The van der Waals surface area contributed by atoms with Gasteiger partial charge in [0.05, 0.1) is 6.42 Å². The van der Waals surface area contributed by atoms with Crippen molar-refractivity contribution in [2.24, 2.45) is 5.92 Å². The third-order valence-corrected chi connectivity index (χ3v) is 3.23. The van der Waals surface area contributed by atoms with Crippen molar-refractivity contribution in [2.75, 3.05) is 0 Å². The van der Waals surface area contributed by atoms with Crippen LogP contribution < -0.4 is 0 Å². The first-order chi connectivity index (χ1) is 6.97. The van der Waals surface area contributed by atoms with Crippen LogP contribution in [0.15, 0.2) is 30.3 Å². The van der Waals surface area contributed by atoms with Gasteiger partial charge in [0.2, 0.25) is 0 Å². The van der Waals surface area contributed by atoms with Crippen molar-refractivity contribution in [1.82, 2.24) is 0 Å². The summed E-state index contributed by atoms with van der Waals surface area (Å²) in [7, 11) is 0. The fraction of sp³-hybridized carbons (Fsp3) is 0.462. The Hall–Kier alpha value is -1.31. The Balaban J connectivity index is 3.07. The Kier molecular flexibility index (Phi) is 3.51. The van der Waals surface area contributed by atoms with Crippen LogP contribution in [0.4, 0.5) is 0 Å². The van der Waals surface area contributed by atoms with E-state index >= 15 is 0 Å². The molecule has 0 amide bonds. The molecular formula is C13H18O2. The first kappa shape index (κ1) is 11.8. The van der Waals surface area contributed by atoms with E-state index in [1.807, 2.05) is 37.3 Å². The molecule has 0 saturated carbocycles. The zero-order chi connectivity index (χ0) is 11.5. The molecule has 0 heterocycles. The summed E-state index contributed by atoms with van der Waals surface area (Å²) in [5.74, 6) is -0.439. The summed E-state index contributed by atoms with van der Waals surface area (Å²) >= 11 is 0. The molecule has 1 aromatic rings. The monoisotopic (exact) mass is 206 g/mol. The van der Waals surface area contributed by atoms with Crippen LogP contribution in [0.5, 0.6) is 0 Å². The Morgan fingerprint density at radius 1 is 1.33 bits per heavy atom. The highest BCUT2D eigenvalue weighted by molar-refractivity contribution is 5.69. The molecular weight excluding hydrogens is 188 g/mol. The van der Waals surface area contributed by atoms with Crippen molar-refractivity contribution >= 4 is 5.97 Å². The lowest BCUT2D eigenvalue weighted by Gasteiger charge is -2.32. The van der Waals surface area contributed by atoms with Crippen molar-refractivity contribution in [3.8, 4) is 0 Å². The summed E-state index contributed by atoms with van der Waals surface area (Å²) in [6.45, 7) is 6.15. The third kappa shape index (κ3) is 2.58. The lowest BCUT2D eigenvalue weighted by atomic mass is 9.71. The van der Waals surface area contributed by atoms with Crippen molar-refractivity contribution < 1.29 is 9.90 Å². The highest BCUT2D eigenvalue weighted by Crippen LogP contribution is 2.35. The predicted molar refractivity (Wildman–Crippen MR) is 60.9 cm³/mol. The number of benzene rings is 1. The molecule has 0 saturated heterocycles. The van der Waals surface area contributed by atoms with E-state index in [2.05, 4.69) is 13.8 Å². The number of rotatable bonds is 4. The van der Waals surface area contributed by atoms with Gasteiger partial charge >= 0.3 is 5.97 Å². The van der Waals surface area contributed by atoms with Gasteiger partial charge in [-0.2, -0.15) is 0 Å². The second kappa shape index (κ2) is 4.47. The lowest BCUT2D eigenvalue weighted by molar-refractivity contribution is -0.138. The fourth-order valence-corrected chi connectivity index (χ4v) is 1.77. The molecule has 1 atom stereocenters. The number of carboxylic acid groups (broad SMARTS) is 1. The number of hydrogen-bond acceptors (Lipinski definition) is 1. The molecule has 2 heteroatoms. The van der Waals surface area contributed by atoms with Gasteiger partial charge in [-0.25, -0.2) is 0 Å². The molecule has 0 bridgehead atoms. The Bertz CT molecular complexity index is 330. The summed E-state index contributed by atoms with van der Waals surface area (Å²) in [6, 6.07) is 9.87. The van der Waals surface area contributed by atoms with Gasteiger partial charge in [0.15, 0.2) is 0 Å². The quantitative estimate of drug-likeness (QED) is 0.822. The van der Waals surface area contributed by atoms with E-state index in [4.69, 9.17) is 5.11 Å². The van der Waals surface area contributed by atoms with Gasteiger partial charge in [-0.3, -0.25) is 4.79 Å². The average molecular weight is 206 g/mol. The van der Waals surface area contributed by atoms with E-state index in [0.29, 0.717) is 5.92 Å². The molecule has 15 heavy (non-hydrogen) atoms. The molecule has 1 N–H and O–H groups in total. The SMILES string of the molecule is CC(C)C(C)(CC(=O)O)c1ccccc1. The molecule has 0 radical (unpaired) electrons. The van der Waals surface area contributed by atoms with Crippen LogP contribution in [0.25, 0.3) is 0 Å². The van der Waals surface area contributed by atoms with Crippen LogP contribution in [0.2, 0.25) is 0 Å². The van der Waals surface area contributed by atoms with E-state index in [-0.39, 0.29) is 11.8 Å². The first-order valence-electron chi connectivity index (χ1n) is 5.24. The van der Waals surface area contributed by atoms with Crippen molar-refractivity contribution in [3.05, 3.63) is 35.9 Å². The van der Waals surface area contributed by atoms with Gasteiger partial charge in [-0.05, 0) is 11.5 Å². The Morgan fingerprint density at radius 3 is 2.27 bits per heavy atom. The van der Waals surface area contributed by atoms with Crippen molar-refractivity contribution in [2.45, 2.75) is 32.6 Å². The minimum absolute atomic E-state index is 0.175. The zero-order valence-electron chi connectivity index (χ0n) is 9.53. The number of aliphatic carboxylic acids is 1. The van der Waals surface area contributed by atoms with Gasteiger partial charge in [-0.1, -0.05) is 51.1 Å². The summed E-state index contributed by atoms with van der Waals surface area (Å²) in [5, 5.41) is 8.96. The summed E-state index contributed by atoms with van der Waals surface area (Å²) in [6.07, 6.45) is 0.175. The van der Waals surface area contributed by atoms with Crippen LogP contribution in [0, 0.1) is 5.92 Å². The maximum Gasteiger partial charge on any atom is 0.304 e. The highest BCUT2D eigenvalue weighted by Gasteiger charge is 2.32. The maximum atomic E-state index is 10.9. The van der Waals surface area contributed by atoms with Crippen molar-refractivity contribution in [3.63, 3.8) is 0 Å².